The Morgan fingerprint density at radius 3 is 2.63 bits per heavy atom. The number of aliphatic hydroxyl groups is 1. The van der Waals surface area contributed by atoms with Gasteiger partial charge in [-0.3, -0.25) is 4.90 Å². The summed E-state index contributed by atoms with van der Waals surface area (Å²) in [6.07, 6.45) is 3.92. The Bertz CT molecular complexity index is 365. The SMILES string of the molecule is CC(CO)C(C)C1CCCCN1Cc1ccccc1. The number of hydrogen-bond acceptors (Lipinski definition) is 2. The Morgan fingerprint density at radius 1 is 1.21 bits per heavy atom. The standard InChI is InChI=1S/C17H27NO/c1-14(13-19)15(2)17-10-6-7-11-18(17)12-16-8-4-3-5-9-16/h3-5,8-9,14-15,17,19H,6-7,10-13H2,1-2H3. The quantitative estimate of drug-likeness (QED) is 0.879. The minimum absolute atomic E-state index is 0.302. The van der Waals surface area contributed by atoms with Gasteiger partial charge >= 0.3 is 0 Å². The Balaban J connectivity index is 2.03. The number of aliphatic hydroxyl groups excluding tert-OH is 1. The van der Waals surface area contributed by atoms with Crippen LogP contribution in [0.15, 0.2) is 30.3 Å². The van der Waals surface area contributed by atoms with E-state index in [0.29, 0.717) is 24.5 Å². The molecule has 3 unspecified atom stereocenters. The summed E-state index contributed by atoms with van der Waals surface area (Å²) in [6.45, 7) is 7.02. The number of nitrogens with zero attached hydrogens (tertiary/aromatic N) is 1. The van der Waals surface area contributed by atoms with Crippen LogP contribution in [0.4, 0.5) is 0 Å². The van der Waals surface area contributed by atoms with Gasteiger partial charge in [0.1, 0.15) is 0 Å². The summed E-state index contributed by atoms with van der Waals surface area (Å²) in [6, 6.07) is 11.4. The van der Waals surface area contributed by atoms with E-state index in [1.807, 2.05) is 0 Å². The fraction of sp³-hybridized carbons (Fsp3) is 0.647. The van der Waals surface area contributed by atoms with E-state index < -0.39 is 0 Å². The van der Waals surface area contributed by atoms with Crippen LogP contribution in [0.25, 0.3) is 0 Å². The van der Waals surface area contributed by atoms with Crippen molar-refractivity contribution in [3.05, 3.63) is 35.9 Å². The maximum Gasteiger partial charge on any atom is 0.0459 e. The molecule has 0 aromatic heterocycles. The third-order valence-corrected chi connectivity index (χ3v) is 4.69. The van der Waals surface area contributed by atoms with Crippen molar-refractivity contribution in [2.45, 2.75) is 45.7 Å². The molecule has 1 saturated heterocycles. The molecule has 1 N–H and O–H groups in total. The highest BCUT2D eigenvalue weighted by atomic mass is 16.3. The molecule has 0 amide bonds. The van der Waals surface area contributed by atoms with E-state index in [9.17, 15) is 5.11 Å². The molecule has 19 heavy (non-hydrogen) atoms. The minimum atomic E-state index is 0.302. The van der Waals surface area contributed by atoms with E-state index in [1.165, 1.54) is 31.4 Å². The highest BCUT2D eigenvalue weighted by molar-refractivity contribution is 5.14. The third kappa shape index (κ3) is 3.80. The summed E-state index contributed by atoms with van der Waals surface area (Å²) in [5.41, 5.74) is 1.40. The summed E-state index contributed by atoms with van der Waals surface area (Å²) in [5.74, 6) is 0.954. The zero-order valence-electron chi connectivity index (χ0n) is 12.3. The Kier molecular flexibility index (Phi) is 5.41. The molecule has 0 saturated carbocycles. The van der Waals surface area contributed by atoms with Gasteiger partial charge in [0.25, 0.3) is 0 Å². The van der Waals surface area contributed by atoms with Crippen LogP contribution in [-0.4, -0.2) is 29.2 Å². The molecule has 1 aromatic carbocycles. The van der Waals surface area contributed by atoms with Crippen molar-refractivity contribution in [1.82, 2.24) is 4.90 Å². The number of benzene rings is 1. The van der Waals surface area contributed by atoms with Crippen molar-refractivity contribution in [2.24, 2.45) is 11.8 Å². The van der Waals surface area contributed by atoms with Crippen LogP contribution in [0.5, 0.6) is 0 Å². The summed E-state index contributed by atoms with van der Waals surface area (Å²) >= 11 is 0. The van der Waals surface area contributed by atoms with Crippen LogP contribution in [0.2, 0.25) is 0 Å². The first-order chi connectivity index (χ1) is 9.22. The molecule has 2 nitrogen and oxygen atoms in total. The van der Waals surface area contributed by atoms with Crippen molar-refractivity contribution >= 4 is 0 Å². The molecule has 3 atom stereocenters. The molecular weight excluding hydrogens is 234 g/mol. The fourth-order valence-electron chi connectivity index (χ4n) is 3.17. The predicted molar refractivity (Wildman–Crippen MR) is 79.9 cm³/mol. The first-order valence-corrected chi connectivity index (χ1v) is 7.61. The molecule has 2 heteroatoms. The number of rotatable bonds is 5. The summed E-state index contributed by atoms with van der Waals surface area (Å²) in [7, 11) is 0. The van der Waals surface area contributed by atoms with Gasteiger partial charge in [0, 0.05) is 19.2 Å². The van der Waals surface area contributed by atoms with E-state index in [4.69, 9.17) is 0 Å². The van der Waals surface area contributed by atoms with E-state index in [1.54, 1.807) is 0 Å². The Morgan fingerprint density at radius 2 is 1.95 bits per heavy atom. The second-order valence-electron chi connectivity index (χ2n) is 6.04. The zero-order chi connectivity index (χ0) is 13.7. The molecule has 1 aromatic rings. The molecule has 1 fully saturated rings. The molecule has 1 aliphatic rings. The van der Waals surface area contributed by atoms with Crippen molar-refractivity contribution in [3.63, 3.8) is 0 Å². The maximum absolute atomic E-state index is 9.39. The van der Waals surface area contributed by atoms with Crippen LogP contribution in [0.3, 0.4) is 0 Å². The number of likely N-dealkylation sites (tertiary alicyclic amines) is 1. The van der Waals surface area contributed by atoms with E-state index in [2.05, 4.69) is 49.1 Å². The molecular formula is C17H27NO. The van der Waals surface area contributed by atoms with Crippen molar-refractivity contribution < 1.29 is 5.11 Å². The van der Waals surface area contributed by atoms with Gasteiger partial charge in [0.05, 0.1) is 0 Å². The van der Waals surface area contributed by atoms with Gasteiger partial charge in [0.15, 0.2) is 0 Å². The number of piperidine rings is 1. The van der Waals surface area contributed by atoms with Crippen LogP contribution in [0.1, 0.15) is 38.7 Å². The molecule has 1 heterocycles. The predicted octanol–water partition coefficient (Wildman–Crippen LogP) is 3.31. The van der Waals surface area contributed by atoms with Gasteiger partial charge in [-0.25, -0.2) is 0 Å². The normalized spacial score (nSPS) is 24.1. The molecule has 0 spiro atoms. The zero-order valence-corrected chi connectivity index (χ0v) is 12.3. The minimum Gasteiger partial charge on any atom is -0.396 e. The van der Waals surface area contributed by atoms with E-state index in [0.717, 1.165) is 6.54 Å². The summed E-state index contributed by atoms with van der Waals surface area (Å²) < 4.78 is 0. The molecule has 0 aliphatic carbocycles. The Hall–Kier alpha value is -0.860. The highest BCUT2D eigenvalue weighted by Crippen LogP contribution is 2.29. The van der Waals surface area contributed by atoms with Crippen LogP contribution in [-0.2, 0) is 6.54 Å². The van der Waals surface area contributed by atoms with Gasteiger partial charge < -0.3 is 5.11 Å². The molecule has 1 aliphatic heterocycles. The Labute approximate surface area is 117 Å². The summed E-state index contributed by atoms with van der Waals surface area (Å²) in [4.78, 5) is 2.62. The lowest BCUT2D eigenvalue weighted by Crippen LogP contribution is -2.45. The summed E-state index contributed by atoms with van der Waals surface area (Å²) in [5, 5.41) is 9.39. The third-order valence-electron chi connectivity index (χ3n) is 4.69. The van der Waals surface area contributed by atoms with Gasteiger partial charge in [-0.15, -0.1) is 0 Å². The van der Waals surface area contributed by atoms with Crippen molar-refractivity contribution in [2.75, 3.05) is 13.2 Å². The first kappa shape index (κ1) is 14.5. The van der Waals surface area contributed by atoms with E-state index >= 15 is 0 Å². The second kappa shape index (κ2) is 7.06. The fourth-order valence-corrected chi connectivity index (χ4v) is 3.17. The van der Waals surface area contributed by atoms with Crippen LogP contribution < -0.4 is 0 Å². The lowest BCUT2D eigenvalue weighted by atomic mass is 9.83. The monoisotopic (exact) mass is 261 g/mol. The van der Waals surface area contributed by atoms with Gasteiger partial charge in [-0.05, 0) is 36.8 Å². The lowest BCUT2D eigenvalue weighted by Gasteiger charge is -2.41. The van der Waals surface area contributed by atoms with E-state index in [-0.39, 0.29) is 0 Å². The molecule has 0 bridgehead atoms. The largest absolute Gasteiger partial charge is 0.396 e. The average molecular weight is 261 g/mol. The van der Waals surface area contributed by atoms with Gasteiger partial charge in [-0.2, -0.15) is 0 Å². The average Bonchev–Trinajstić information content (AvgIpc) is 2.47. The lowest BCUT2D eigenvalue weighted by molar-refractivity contribution is 0.0595. The van der Waals surface area contributed by atoms with Crippen molar-refractivity contribution in [1.29, 1.82) is 0 Å². The number of hydrogen-bond donors (Lipinski definition) is 1. The van der Waals surface area contributed by atoms with Crippen LogP contribution >= 0.6 is 0 Å². The van der Waals surface area contributed by atoms with Gasteiger partial charge in [-0.1, -0.05) is 50.6 Å². The van der Waals surface area contributed by atoms with Gasteiger partial charge in [0.2, 0.25) is 0 Å². The molecule has 106 valence electrons. The highest BCUT2D eigenvalue weighted by Gasteiger charge is 2.29. The smallest absolute Gasteiger partial charge is 0.0459 e. The maximum atomic E-state index is 9.39. The second-order valence-corrected chi connectivity index (χ2v) is 6.04. The molecule has 0 radical (unpaired) electrons. The van der Waals surface area contributed by atoms with Crippen LogP contribution in [0, 0.1) is 11.8 Å². The molecule has 2 rings (SSSR count). The van der Waals surface area contributed by atoms with Crippen molar-refractivity contribution in [3.8, 4) is 0 Å². The first-order valence-electron chi connectivity index (χ1n) is 7.61. The topological polar surface area (TPSA) is 23.5 Å².